The second-order valence-electron chi connectivity index (χ2n) is 5.94. The number of carbonyl (C=O) groups excluding carboxylic acids is 1. The molecule has 1 aliphatic heterocycles. The van der Waals surface area contributed by atoms with Crippen LogP contribution in [0.2, 0.25) is 5.02 Å². The van der Waals surface area contributed by atoms with Gasteiger partial charge in [0.1, 0.15) is 5.60 Å². The number of benzene rings is 1. The van der Waals surface area contributed by atoms with Crippen molar-refractivity contribution in [2.75, 3.05) is 6.54 Å². The lowest BCUT2D eigenvalue weighted by molar-refractivity contribution is 0.0160. The third kappa shape index (κ3) is 3.21. The second kappa shape index (κ2) is 5.04. The summed E-state index contributed by atoms with van der Waals surface area (Å²) in [5.74, 6) is 0. The molecule has 0 aromatic heterocycles. The van der Waals surface area contributed by atoms with Gasteiger partial charge in [-0.2, -0.15) is 0 Å². The lowest BCUT2D eigenvalue weighted by Gasteiger charge is -2.36. The smallest absolute Gasteiger partial charge is 0.410 e. The maximum atomic E-state index is 12.2. The van der Waals surface area contributed by atoms with E-state index in [4.69, 9.17) is 16.3 Å². The fourth-order valence-corrected chi connectivity index (χ4v) is 2.57. The van der Waals surface area contributed by atoms with Crippen LogP contribution in [0.15, 0.2) is 18.2 Å². The molecular formula is C15H20ClNO2. The Morgan fingerprint density at radius 1 is 1.42 bits per heavy atom. The second-order valence-corrected chi connectivity index (χ2v) is 6.38. The first-order chi connectivity index (χ1) is 8.78. The van der Waals surface area contributed by atoms with E-state index < -0.39 is 5.60 Å². The summed E-state index contributed by atoms with van der Waals surface area (Å²) < 4.78 is 5.45. The van der Waals surface area contributed by atoms with Gasteiger partial charge in [-0.05, 0) is 57.4 Å². The number of fused-ring (bicyclic) bond motifs is 1. The van der Waals surface area contributed by atoms with Crippen LogP contribution in [-0.4, -0.2) is 23.1 Å². The van der Waals surface area contributed by atoms with Crippen molar-refractivity contribution in [3.63, 3.8) is 0 Å². The zero-order valence-electron chi connectivity index (χ0n) is 11.9. The lowest BCUT2D eigenvalue weighted by Crippen LogP contribution is -2.42. The zero-order valence-corrected chi connectivity index (χ0v) is 12.6. The van der Waals surface area contributed by atoms with Crippen molar-refractivity contribution < 1.29 is 9.53 Å². The molecule has 1 aromatic rings. The van der Waals surface area contributed by atoms with Gasteiger partial charge in [0.15, 0.2) is 0 Å². The van der Waals surface area contributed by atoms with E-state index >= 15 is 0 Å². The van der Waals surface area contributed by atoms with Gasteiger partial charge in [0.2, 0.25) is 0 Å². The van der Waals surface area contributed by atoms with Crippen LogP contribution in [0.25, 0.3) is 0 Å². The molecule has 19 heavy (non-hydrogen) atoms. The van der Waals surface area contributed by atoms with E-state index in [1.165, 1.54) is 5.56 Å². The molecule has 1 heterocycles. The summed E-state index contributed by atoms with van der Waals surface area (Å²) in [5.41, 5.74) is 1.91. The molecule has 104 valence electrons. The molecule has 0 bridgehead atoms. The molecule has 1 aliphatic rings. The summed E-state index contributed by atoms with van der Waals surface area (Å²) in [6.45, 7) is 8.34. The van der Waals surface area contributed by atoms with Crippen LogP contribution in [0.4, 0.5) is 4.79 Å². The van der Waals surface area contributed by atoms with Gasteiger partial charge in [0, 0.05) is 11.6 Å². The average Bonchev–Trinajstić information content (AvgIpc) is 2.26. The van der Waals surface area contributed by atoms with Gasteiger partial charge in [-0.25, -0.2) is 4.79 Å². The average molecular weight is 282 g/mol. The van der Waals surface area contributed by atoms with Crippen molar-refractivity contribution in [2.45, 2.75) is 45.8 Å². The van der Waals surface area contributed by atoms with Crippen molar-refractivity contribution in [1.82, 2.24) is 4.90 Å². The standard InChI is InChI=1S/C15H20ClNO2/c1-10-13-6-5-12(16)9-11(13)7-8-17(10)14(18)19-15(2,3)4/h5-6,9-10H,7-8H2,1-4H3/t10-/m0/s1. The van der Waals surface area contributed by atoms with Crippen LogP contribution >= 0.6 is 11.6 Å². The van der Waals surface area contributed by atoms with Gasteiger partial charge in [-0.15, -0.1) is 0 Å². The molecule has 0 radical (unpaired) electrons. The maximum Gasteiger partial charge on any atom is 0.410 e. The third-order valence-corrected chi connectivity index (χ3v) is 3.51. The SMILES string of the molecule is C[C@H]1c2ccc(Cl)cc2CCN1C(=O)OC(C)(C)C. The Bertz CT molecular complexity index is 493. The van der Waals surface area contributed by atoms with Crippen molar-refractivity contribution in [3.05, 3.63) is 34.3 Å². The summed E-state index contributed by atoms with van der Waals surface area (Å²) in [7, 11) is 0. The largest absolute Gasteiger partial charge is 0.444 e. The molecule has 0 spiro atoms. The Labute approximate surface area is 119 Å². The number of amides is 1. The van der Waals surface area contributed by atoms with Gasteiger partial charge in [0.25, 0.3) is 0 Å². The van der Waals surface area contributed by atoms with Crippen LogP contribution in [0.3, 0.4) is 0 Å². The molecule has 0 aliphatic carbocycles. The van der Waals surface area contributed by atoms with Crippen LogP contribution < -0.4 is 0 Å². The topological polar surface area (TPSA) is 29.5 Å². The van der Waals surface area contributed by atoms with Gasteiger partial charge < -0.3 is 9.64 Å². The third-order valence-electron chi connectivity index (χ3n) is 3.27. The highest BCUT2D eigenvalue weighted by molar-refractivity contribution is 6.30. The fraction of sp³-hybridized carbons (Fsp3) is 0.533. The lowest BCUT2D eigenvalue weighted by atomic mass is 9.94. The Balaban J connectivity index is 2.19. The highest BCUT2D eigenvalue weighted by atomic mass is 35.5. The van der Waals surface area contributed by atoms with E-state index in [1.807, 2.05) is 45.9 Å². The quantitative estimate of drug-likeness (QED) is 0.713. The summed E-state index contributed by atoms with van der Waals surface area (Å²) in [6, 6.07) is 5.88. The normalized spacial score (nSPS) is 19.0. The first kappa shape index (κ1) is 14.2. The van der Waals surface area contributed by atoms with Gasteiger partial charge in [-0.3, -0.25) is 0 Å². The van der Waals surface area contributed by atoms with E-state index in [-0.39, 0.29) is 12.1 Å². The predicted molar refractivity (Wildman–Crippen MR) is 76.5 cm³/mol. The minimum atomic E-state index is -0.461. The number of rotatable bonds is 0. The number of hydrogen-bond acceptors (Lipinski definition) is 2. The molecule has 0 unspecified atom stereocenters. The fourth-order valence-electron chi connectivity index (χ4n) is 2.37. The zero-order chi connectivity index (χ0) is 14.2. The monoisotopic (exact) mass is 281 g/mol. The minimum absolute atomic E-state index is 0.0240. The van der Waals surface area contributed by atoms with Gasteiger partial charge >= 0.3 is 6.09 Å². The van der Waals surface area contributed by atoms with E-state index in [0.29, 0.717) is 6.54 Å². The predicted octanol–water partition coefficient (Wildman–Crippen LogP) is 4.19. The van der Waals surface area contributed by atoms with Crippen LogP contribution in [-0.2, 0) is 11.2 Å². The highest BCUT2D eigenvalue weighted by Gasteiger charge is 2.30. The molecule has 0 saturated heterocycles. The highest BCUT2D eigenvalue weighted by Crippen LogP contribution is 2.32. The summed E-state index contributed by atoms with van der Waals surface area (Å²) in [5, 5.41) is 0.747. The summed E-state index contributed by atoms with van der Waals surface area (Å²) in [4.78, 5) is 14.0. The molecule has 1 amide bonds. The summed E-state index contributed by atoms with van der Waals surface area (Å²) >= 11 is 6.01. The molecule has 0 fully saturated rings. The number of hydrogen-bond donors (Lipinski definition) is 0. The number of carbonyl (C=O) groups is 1. The molecule has 2 rings (SSSR count). The summed E-state index contributed by atoms with van der Waals surface area (Å²) in [6.07, 6.45) is 0.569. The molecule has 0 N–H and O–H groups in total. The van der Waals surface area contributed by atoms with E-state index in [9.17, 15) is 4.79 Å². The number of nitrogens with zero attached hydrogens (tertiary/aromatic N) is 1. The van der Waals surface area contributed by atoms with Gasteiger partial charge in [0.05, 0.1) is 6.04 Å². The van der Waals surface area contributed by atoms with Crippen molar-refractivity contribution in [2.24, 2.45) is 0 Å². The minimum Gasteiger partial charge on any atom is -0.444 e. The van der Waals surface area contributed by atoms with Crippen LogP contribution in [0.1, 0.15) is 44.9 Å². The molecule has 0 saturated carbocycles. The molecule has 1 atom stereocenters. The van der Waals surface area contributed by atoms with E-state index in [0.717, 1.165) is 17.0 Å². The molecule has 1 aromatic carbocycles. The van der Waals surface area contributed by atoms with Crippen molar-refractivity contribution in [1.29, 1.82) is 0 Å². The number of ether oxygens (including phenoxy) is 1. The maximum absolute atomic E-state index is 12.2. The molecule has 4 heteroatoms. The van der Waals surface area contributed by atoms with Gasteiger partial charge in [-0.1, -0.05) is 17.7 Å². The first-order valence-electron chi connectivity index (χ1n) is 6.56. The Hall–Kier alpha value is -1.22. The molecule has 3 nitrogen and oxygen atoms in total. The molecular weight excluding hydrogens is 262 g/mol. The van der Waals surface area contributed by atoms with Crippen molar-refractivity contribution in [3.8, 4) is 0 Å². The van der Waals surface area contributed by atoms with Crippen LogP contribution in [0, 0.1) is 0 Å². The van der Waals surface area contributed by atoms with Crippen LogP contribution in [0.5, 0.6) is 0 Å². The van der Waals surface area contributed by atoms with Crippen molar-refractivity contribution >= 4 is 17.7 Å². The Morgan fingerprint density at radius 2 is 2.11 bits per heavy atom. The first-order valence-corrected chi connectivity index (χ1v) is 6.93. The van der Waals surface area contributed by atoms with E-state index in [2.05, 4.69) is 0 Å². The Kier molecular flexibility index (Phi) is 3.77. The Morgan fingerprint density at radius 3 is 2.74 bits per heavy atom. The number of halogens is 1. The van der Waals surface area contributed by atoms with E-state index in [1.54, 1.807) is 4.90 Å².